The van der Waals surface area contributed by atoms with Gasteiger partial charge in [0.15, 0.2) is 0 Å². The molecule has 9 heteroatoms. The topological polar surface area (TPSA) is 86.8 Å². The Balaban J connectivity index is 2.42. The van der Waals surface area contributed by atoms with Gasteiger partial charge < -0.3 is 10.2 Å². The minimum absolute atomic E-state index is 0.168. The van der Waals surface area contributed by atoms with E-state index >= 15 is 0 Å². The summed E-state index contributed by atoms with van der Waals surface area (Å²) in [6.07, 6.45) is 2.72. The zero-order valence-electron chi connectivity index (χ0n) is 20.5. The van der Waals surface area contributed by atoms with Crippen LogP contribution in [0.4, 0.5) is 10.1 Å². The Hall–Kier alpha value is -2.94. The number of amides is 2. The van der Waals surface area contributed by atoms with Crippen LogP contribution in [-0.4, -0.2) is 50.5 Å². The largest absolute Gasteiger partial charge is 0.354 e. The average molecular weight is 492 g/mol. The molecule has 34 heavy (non-hydrogen) atoms. The van der Waals surface area contributed by atoms with Crippen LogP contribution in [0.5, 0.6) is 0 Å². The van der Waals surface area contributed by atoms with Crippen molar-refractivity contribution in [3.63, 3.8) is 0 Å². The highest BCUT2D eigenvalue weighted by Gasteiger charge is 2.31. The van der Waals surface area contributed by atoms with Gasteiger partial charge in [0.05, 0.1) is 11.9 Å². The molecule has 0 saturated heterocycles. The van der Waals surface area contributed by atoms with Crippen LogP contribution < -0.4 is 9.62 Å². The number of para-hydroxylation sites is 1. The summed E-state index contributed by atoms with van der Waals surface area (Å²) in [6.45, 7) is 6.88. The molecule has 186 valence electrons. The Morgan fingerprint density at radius 3 is 2.24 bits per heavy atom. The molecule has 2 aromatic carbocycles. The molecule has 0 spiro atoms. The molecule has 2 amide bonds. The Bertz CT molecular complexity index is 1100. The molecule has 0 saturated carbocycles. The smallest absolute Gasteiger partial charge is 0.244 e. The summed E-state index contributed by atoms with van der Waals surface area (Å²) < 4.78 is 40.9. The molecular formula is C25H34FN3O4S. The summed E-state index contributed by atoms with van der Waals surface area (Å²) in [5.41, 5.74) is 2.06. The second-order valence-corrected chi connectivity index (χ2v) is 10.4. The van der Waals surface area contributed by atoms with Gasteiger partial charge in [-0.25, -0.2) is 12.8 Å². The van der Waals surface area contributed by atoms with Gasteiger partial charge >= 0.3 is 0 Å². The van der Waals surface area contributed by atoms with E-state index in [1.165, 1.54) is 23.1 Å². The molecule has 0 aliphatic carbocycles. The first-order chi connectivity index (χ1) is 16.0. The second kappa shape index (κ2) is 12.0. The number of sulfonamides is 1. The van der Waals surface area contributed by atoms with Crippen LogP contribution in [0.2, 0.25) is 0 Å². The van der Waals surface area contributed by atoms with E-state index in [2.05, 4.69) is 5.32 Å². The number of hydrogen-bond donors (Lipinski definition) is 1. The van der Waals surface area contributed by atoms with E-state index in [0.717, 1.165) is 23.4 Å². The van der Waals surface area contributed by atoms with E-state index in [4.69, 9.17) is 0 Å². The fourth-order valence-electron chi connectivity index (χ4n) is 3.70. The van der Waals surface area contributed by atoms with Crippen LogP contribution in [0, 0.1) is 19.7 Å². The number of nitrogens with one attached hydrogen (secondary N) is 1. The molecule has 1 atom stereocenters. The summed E-state index contributed by atoms with van der Waals surface area (Å²) >= 11 is 0. The normalized spacial score (nSPS) is 12.2. The van der Waals surface area contributed by atoms with Crippen LogP contribution in [0.3, 0.4) is 0 Å². The van der Waals surface area contributed by atoms with Crippen molar-refractivity contribution in [1.29, 1.82) is 0 Å². The van der Waals surface area contributed by atoms with Gasteiger partial charge in [-0.15, -0.1) is 0 Å². The predicted molar refractivity (Wildman–Crippen MR) is 132 cm³/mol. The monoisotopic (exact) mass is 491 g/mol. The number of hydrogen-bond acceptors (Lipinski definition) is 4. The number of carbonyl (C=O) groups is 2. The van der Waals surface area contributed by atoms with E-state index < -0.39 is 34.3 Å². The molecule has 0 aromatic heterocycles. The first kappa shape index (κ1) is 27.3. The van der Waals surface area contributed by atoms with Crippen molar-refractivity contribution >= 4 is 27.5 Å². The molecule has 0 aliphatic rings. The summed E-state index contributed by atoms with van der Waals surface area (Å²) in [7, 11) is -3.82. The highest BCUT2D eigenvalue weighted by Crippen LogP contribution is 2.27. The zero-order chi connectivity index (χ0) is 25.5. The maximum absolute atomic E-state index is 14.4. The third kappa shape index (κ3) is 7.03. The third-order valence-corrected chi connectivity index (χ3v) is 6.78. The molecule has 0 heterocycles. The quantitative estimate of drug-likeness (QED) is 0.487. The van der Waals surface area contributed by atoms with Gasteiger partial charge in [-0.3, -0.25) is 13.9 Å². The van der Waals surface area contributed by atoms with Crippen molar-refractivity contribution in [2.45, 2.75) is 53.1 Å². The van der Waals surface area contributed by atoms with Crippen LogP contribution in [0.25, 0.3) is 0 Å². The molecule has 0 fully saturated rings. The number of nitrogens with zero attached hydrogens (tertiary/aromatic N) is 2. The lowest BCUT2D eigenvalue weighted by molar-refractivity contribution is -0.139. The van der Waals surface area contributed by atoms with Gasteiger partial charge in [0.25, 0.3) is 0 Å². The molecule has 1 unspecified atom stereocenters. The summed E-state index contributed by atoms with van der Waals surface area (Å²) in [5, 5.41) is 2.79. The Kier molecular flexibility index (Phi) is 9.61. The number of benzene rings is 2. The van der Waals surface area contributed by atoms with Gasteiger partial charge in [-0.05, 0) is 44.4 Å². The highest BCUT2D eigenvalue weighted by molar-refractivity contribution is 7.92. The minimum atomic E-state index is -3.82. The Morgan fingerprint density at radius 2 is 1.68 bits per heavy atom. The standard InChI is InChI=1S/C25H34FN3O4S/c1-6-7-15-27-25(31)20(4)28(16-21-13-8-9-14-22(21)26)23(30)17-29(34(5,32)33)24-18(2)11-10-12-19(24)3/h8-14,20H,6-7,15-17H2,1-5H3,(H,27,31). The number of carbonyl (C=O) groups excluding carboxylic acids is 2. The molecule has 1 N–H and O–H groups in total. The fourth-order valence-corrected chi connectivity index (χ4v) is 4.67. The summed E-state index contributed by atoms with van der Waals surface area (Å²) in [6, 6.07) is 10.4. The van der Waals surface area contributed by atoms with E-state index in [-0.39, 0.29) is 18.0 Å². The van der Waals surface area contributed by atoms with Crippen LogP contribution in [0.15, 0.2) is 42.5 Å². The van der Waals surface area contributed by atoms with Gasteiger partial charge in [-0.1, -0.05) is 49.7 Å². The van der Waals surface area contributed by atoms with Crippen LogP contribution in [-0.2, 0) is 26.2 Å². The Labute approximate surface area is 202 Å². The molecule has 0 radical (unpaired) electrons. The molecule has 2 rings (SSSR count). The maximum Gasteiger partial charge on any atom is 0.244 e. The number of anilines is 1. The number of rotatable bonds is 11. The van der Waals surface area contributed by atoms with Crippen molar-refractivity contribution in [2.75, 3.05) is 23.7 Å². The van der Waals surface area contributed by atoms with Crippen LogP contribution >= 0.6 is 0 Å². The fraction of sp³-hybridized carbons (Fsp3) is 0.440. The lowest BCUT2D eigenvalue weighted by Gasteiger charge is -2.32. The lowest BCUT2D eigenvalue weighted by Crippen LogP contribution is -2.51. The van der Waals surface area contributed by atoms with Gasteiger partial charge in [0.1, 0.15) is 18.4 Å². The predicted octanol–water partition coefficient (Wildman–Crippen LogP) is 3.54. The van der Waals surface area contributed by atoms with Gasteiger partial charge in [0, 0.05) is 18.7 Å². The SMILES string of the molecule is CCCCNC(=O)C(C)N(Cc1ccccc1F)C(=O)CN(c1c(C)cccc1C)S(C)(=O)=O. The lowest BCUT2D eigenvalue weighted by atomic mass is 10.1. The van der Waals surface area contributed by atoms with E-state index in [9.17, 15) is 22.4 Å². The second-order valence-electron chi connectivity index (χ2n) is 8.44. The highest BCUT2D eigenvalue weighted by atomic mass is 32.2. The zero-order valence-corrected chi connectivity index (χ0v) is 21.3. The van der Waals surface area contributed by atoms with E-state index in [0.29, 0.717) is 23.4 Å². The third-order valence-electron chi connectivity index (χ3n) is 5.66. The Morgan fingerprint density at radius 1 is 1.06 bits per heavy atom. The number of unbranched alkanes of at least 4 members (excludes halogenated alkanes) is 1. The maximum atomic E-state index is 14.4. The van der Waals surface area contributed by atoms with Gasteiger partial charge in [-0.2, -0.15) is 0 Å². The summed E-state index contributed by atoms with van der Waals surface area (Å²) in [5.74, 6) is -1.49. The molecule has 0 bridgehead atoms. The summed E-state index contributed by atoms with van der Waals surface area (Å²) in [4.78, 5) is 27.5. The number of aryl methyl sites for hydroxylation is 2. The molecule has 2 aromatic rings. The van der Waals surface area contributed by atoms with E-state index in [1.807, 2.05) is 13.0 Å². The average Bonchev–Trinajstić information content (AvgIpc) is 2.76. The van der Waals surface area contributed by atoms with Gasteiger partial charge in [0.2, 0.25) is 21.8 Å². The van der Waals surface area contributed by atoms with Crippen molar-refractivity contribution in [1.82, 2.24) is 10.2 Å². The van der Waals surface area contributed by atoms with Crippen molar-refractivity contribution in [3.8, 4) is 0 Å². The minimum Gasteiger partial charge on any atom is -0.354 e. The molecule has 0 aliphatic heterocycles. The van der Waals surface area contributed by atoms with Crippen molar-refractivity contribution in [2.24, 2.45) is 0 Å². The molecule has 7 nitrogen and oxygen atoms in total. The van der Waals surface area contributed by atoms with Crippen molar-refractivity contribution in [3.05, 3.63) is 65.0 Å². The first-order valence-corrected chi connectivity index (χ1v) is 13.2. The van der Waals surface area contributed by atoms with Crippen molar-refractivity contribution < 1.29 is 22.4 Å². The van der Waals surface area contributed by atoms with Crippen LogP contribution in [0.1, 0.15) is 43.4 Å². The van der Waals surface area contributed by atoms with E-state index in [1.54, 1.807) is 39.0 Å². The number of halogens is 1. The first-order valence-electron chi connectivity index (χ1n) is 11.3. The molecular weight excluding hydrogens is 457 g/mol.